The van der Waals surface area contributed by atoms with Crippen molar-refractivity contribution in [2.24, 2.45) is 0 Å². The van der Waals surface area contributed by atoms with E-state index in [2.05, 4.69) is 31.1 Å². The zero-order valence-corrected chi connectivity index (χ0v) is 5.49. The van der Waals surface area contributed by atoms with Crippen molar-refractivity contribution in [3.63, 3.8) is 0 Å². The molecule has 0 fully saturated rings. The summed E-state index contributed by atoms with van der Waals surface area (Å²) in [6, 6.07) is 0. The van der Waals surface area contributed by atoms with Gasteiger partial charge in [0.2, 0.25) is 0 Å². The average Bonchev–Trinajstić information content (AvgIpc) is 1.50. The van der Waals surface area contributed by atoms with Crippen molar-refractivity contribution in [3.8, 4) is 0 Å². The Morgan fingerprint density at radius 1 is 1.00 bits per heavy atom. The van der Waals surface area contributed by atoms with E-state index in [-0.39, 0.29) is 37.7 Å². The third-order valence-electron chi connectivity index (χ3n) is 0. The molecule has 0 aliphatic carbocycles. The molecule has 2 radical (unpaired) electrons. The van der Waals surface area contributed by atoms with Crippen LogP contribution in [0.2, 0.25) is 0 Å². The van der Waals surface area contributed by atoms with Crippen LogP contribution < -0.4 is 0 Å². The quantitative estimate of drug-likeness (QED) is 0.429. The third-order valence-corrected chi connectivity index (χ3v) is 0. The summed E-state index contributed by atoms with van der Waals surface area (Å²) >= 11 is 4.94. The van der Waals surface area contributed by atoms with Crippen LogP contribution in [0.5, 0.6) is 0 Å². The minimum atomic E-state index is 0. The Morgan fingerprint density at radius 3 is 1.00 bits per heavy atom. The van der Waals surface area contributed by atoms with Crippen LogP contribution >= 0.6 is 0 Å². The van der Waals surface area contributed by atoms with Gasteiger partial charge in [0, 0.05) is 37.7 Å². The van der Waals surface area contributed by atoms with E-state index in [0.29, 0.717) is 0 Å². The van der Waals surface area contributed by atoms with Gasteiger partial charge in [0.1, 0.15) is 0 Å². The molecule has 0 amide bonds. The Kier molecular flexibility index (Phi) is 295. The van der Waals surface area contributed by atoms with Crippen molar-refractivity contribution >= 4 is 37.7 Å². The molecule has 0 bridgehead atoms. The number of hydrogen-bond donors (Lipinski definition) is 0. The molecule has 2 nitrogen and oxygen atoms in total. The summed E-state index contributed by atoms with van der Waals surface area (Å²) in [4.78, 5) is 0. The second kappa shape index (κ2) is 70.8. The monoisotopic (exact) mass is 163 g/mol. The van der Waals surface area contributed by atoms with E-state index in [9.17, 15) is 0 Å². The van der Waals surface area contributed by atoms with Gasteiger partial charge in [0.15, 0.2) is 0 Å². The summed E-state index contributed by atoms with van der Waals surface area (Å²) in [5.74, 6) is 0. The molecule has 6 heteroatoms. The van der Waals surface area contributed by atoms with Crippen LogP contribution in [0, 0.1) is 0 Å². The van der Waals surface area contributed by atoms with E-state index >= 15 is 0 Å². The van der Waals surface area contributed by atoms with E-state index < -0.39 is 0 Å². The molecule has 0 aliphatic heterocycles. The van der Waals surface area contributed by atoms with Crippen LogP contribution in [0.15, 0.2) is 0 Å². The van der Waals surface area contributed by atoms with Gasteiger partial charge >= 0.3 is 38.8 Å². The zero-order chi connectivity index (χ0) is 4.00. The van der Waals surface area contributed by atoms with E-state index in [1.54, 1.807) is 0 Å². The van der Waals surface area contributed by atoms with Gasteiger partial charge in [-0.3, -0.25) is 0 Å². The van der Waals surface area contributed by atoms with Crippen LogP contribution in [0.4, 0.5) is 0 Å². The van der Waals surface area contributed by atoms with Gasteiger partial charge in [0.25, 0.3) is 0 Å². The van der Waals surface area contributed by atoms with Gasteiger partial charge in [-0.05, 0) is 0 Å². The molecule has 0 atom stereocenters. The summed E-state index contributed by atoms with van der Waals surface area (Å²) in [5.41, 5.74) is 0. The molecule has 6 heavy (non-hydrogen) atoms. The van der Waals surface area contributed by atoms with Crippen molar-refractivity contribution in [2.75, 3.05) is 0 Å². The predicted molar refractivity (Wildman–Crippen MR) is 12.9 cm³/mol. The summed E-state index contributed by atoms with van der Waals surface area (Å²) in [7, 11) is 0. The molecule has 0 aromatic rings. The molecule has 0 aromatic heterocycles. The average molecular weight is 164 g/mol. The van der Waals surface area contributed by atoms with E-state index in [1.165, 1.54) is 0 Å². The van der Waals surface area contributed by atoms with Gasteiger partial charge in [-0.15, -0.1) is 0 Å². The Balaban J connectivity index is -0.00000000500. The first-order valence-corrected chi connectivity index (χ1v) is 1.09. The summed E-state index contributed by atoms with van der Waals surface area (Å²) < 4.78 is 15.8. The molecule has 0 heterocycles. The van der Waals surface area contributed by atoms with Gasteiger partial charge in [-0.1, -0.05) is 0 Å². The fourth-order valence-corrected chi connectivity index (χ4v) is 0. The summed E-state index contributed by atoms with van der Waals surface area (Å²) in [6.07, 6.45) is 0. The molecular formula is CoLi2NiO2. The standard InChI is InChI=1S/Co.2Li.Ni.2O. The SMILES string of the molecule is [Li].[Li].[O]=[Co].[O]=[Ni]. The fourth-order valence-electron chi connectivity index (χ4n) is 0. The first-order chi connectivity index (χ1) is 2.00. The second-order valence-electron chi connectivity index (χ2n) is 0. The molecule has 0 aromatic carbocycles. The first kappa shape index (κ1) is 25.0. The molecule has 0 saturated heterocycles. The van der Waals surface area contributed by atoms with Crippen LogP contribution in [0.1, 0.15) is 0 Å². The van der Waals surface area contributed by atoms with Gasteiger partial charge in [-0.25, -0.2) is 0 Å². The maximum atomic E-state index is 7.94. The number of rotatable bonds is 0. The Hall–Kier alpha value is 1.79. The summed E-state index contributed by atoms with van der Waals surface area (Å²) in [6.45, 7) is 0. The van der Waals surface area contributed by atoms with Crippen molar-refractivity contribution in [2.45, 2.75) is 0 Å². The maximum absolute atomic E-state index is 7.94. The first-order valence-electron chi connectivity index (χ1n) is 0.265. The molecule has 0 spiro atoms. The van der Waals surface area contributed by atoms with Crippen molar-refractivity contribution in [1.29, 1.82) is 0 Å². The van der Waals surface area contributed by atoms with Crippen molar-refractivity contribution in [1.82, 2.24) is 0 Å². The zero-order valence-electron chi connectivity index (χ0n) is 3.47. The third kappa shape index (κ3) is 41.4. The molecule has 0 saturated carbocycles. The summed E-state index contributed by atoms with van der Waals surface area (Å²) in [5, 5.41) is 0. The molecular weight excluding hydrogens is 164 g/mol. The van der Waals surface area contributed by atoms with E-state index in [4.69, 9.17) is 7.76 Å². The second-order valence-corrected chi connectivity index (χ2v) is 0. The fraction of sp³-hybridized carbons (Fsp3) is 0. The van der Waals surface area contributed by atoms with Gasteiger partial charge in [0.05, 0.1) is 0 Å². The molecule has 0 rings (SSSR count). The Bertz CT molecular complexity index is 13.5. The molecule has 0 N–H and O–H groups in total. The van der Waals surface area contributed by atoms with Crippen LogP contribution in [-0.4, -0.2) is 37.7 Å². The number of hydrogen-bond acceptors (Lipinski definition) is 2. The van der Waals surface area contributed by atoms with Crippen LogP contribution in [0.25, 0.3) is 0 Å². The minimum absolute atomic E-state index is 0. The molecule has 33 valence electrons. The normalized spacial score (nSPS) is 1.83. The van der Waals surface area contributed by atoms with Crippen molar-refractivity contribution in [3.05, 3.63) is 0 Å². The predicted octanol–water partition coefficient (Wildman–Crippen LogP) is -1.00. The van der Waals surface area contributed by atoms with Crippen LogP contribution in [-0.2, 0) is 38.8 Å². The van der Waals surface area contributed by atoms with Crippen molar-refractivity contribution < 1.29 is 38.8 Å². The molecule has 0 aliphatic rings. The van der Waals surface area contributed by atoms with Gasteiger partial charge in [-0.2, -0.15) is 0 Å². The Labute approximate surface area is 75.9 Å². The van der Waals surface area contributed by atoms with E-state index in [1.807, 2.05) is 0 Å². The topological polar surface area (TPSA) is 34.1 Å². The van der Waals surface area contributed by atoms with Gasteiger partial charge < -0.3 is 0 Å². The molecule has 0 unspecified atom stereocenters. The Morgan fingerprint density at radius 2 is 1.00 bits per heavy atom. The van der Waals surface area contributed by atoms with Crippen LogP contribution in [0.3, 0.4) is 0 Å². The van der Waals surface area contributed by atoms with E-state index in [0.717, 1.165) is 0 Å².